The van der Waals surface area contributed by atoms with Gasteiger partial charge in [-0.3, -0.25) is 5.01 Å². The molecule has 1 aliphatic heterocycles. The molecule has 2 N–H and O–H groups in total. The van der Waals surface area contributed by atoms with E-state index in [0.29, 0.717) is 18.1 Å². The molecule has 0 unspecified atom stereocenters. The Hall–Kier alpha value is -2.30. The van der Waals surface area contributed by atoms with E-state index < -0.39 is 5.82 Å². The molecule has 1 aliphatic rings. The van der Waals surface area contributed by atoms with Gasteiger partial charge in [0.25, 0.3) is 0 Å². The van der Waals surface area contributed by atoms with Gasteiger partial charge in [-0.25, -0.2) is 4.39 Å². The highest BCUT2D eigenvalue weighted by Crippen LogP contribution is 2.26. The molecule has 1 aromatic carbocycles. The van der Waals surface area contributed by atoms with Crippen LogP contribution in [-0.4, -0.2) is 17.8 Å². The van der Waals surface area contributed by atoms with Crippen LogP contribution in [0.2, 0.25) is 0 Å². The van der Waals surface area contributed by atoms with E-state index in [1.54, 1.807) is 29.6 Å². The van der Waals surface area contributed by atoms with E-state index >= 15 is 0 Å². The monoisotopic (exact) mass is 305 g/mol. The maximum absolute atomic E-state index is 13.4. The van der Waals surface area contributed by atoms with Crippen molar-refractivity contribution in [2.45, 2.75) is 34.1 Å². The van der Waals surface area contributed by atoms with E-state index in [1.807, 2.05) is 19.9 Å². The Kier molecular flexibility index (Phi) is 7.16. The fourth-order valence-corrected chi connectivity index (χ4v) is 1.70. The summed E-state index contributed by atoms with van der Waals surface area (Å²) in [7, 11) is 0. The molecule has 0 aliphatic carbocycles. The largest absolute Gasteiger partial charge is 0.457 e. The van der Waals surface area contributed by atoms with Crippen molar-refractivity contribution in [1.29, 1.82) is 0 Å². The van der Waals surface area contributed by atoms with E-state index in [2.05, 4.69) is 18.9 Å². The van der Waals surface area contributed by atoms with Crippen molar-refractivity contribution in [3.8, 4) is 5.75 Å². The molecule has 0 radical (unpaired) electrons. The van der Waals surface area contributed by atoms with Crippen molar-refractivity contribution in [2.24, 2.45) is 5.10 Å². The Morgan fingerprint density at radius 2 is 2.09 bits per heavy atom. The summed E-state index contributed by atoms with van der Waals surface area (Å²) in [6.07, 6.45) is 8.42. The van der Waals surface area contributed by atoms with Crippen molar-refractivity contribution in [3.05, 3.63) is 47.6 Å². The van der Waals surface area contributed by atoms with Gasteiger partial charge in [-0.15, -0.1) is 0 Å². The third-order valence-corrected chi connectivity index (χ3v) is 2.68. The van der Waals surface area contributed by atoms with Crippen LogP contribution in [-0.2, 0) is 0 Å². The van der Waals surface area contributed by atoms with Crippen LogP contribution >= 0.6 is 0 Å². The predicted octanol–water partition coefficient (Wildman–Crippen LogP) is 4.23. The highest BCUT2D eigenvalue weighted by molar-refractivity contribution is 5.53. The molecule has 0 spiro atoms. The van der Waals surface area contributed by atoms with Crippen LogP contribution < -0.4 is 10.5 Å². The molecule has 4 nitrogen and oxygen atoms in total. The van der Waals surface area contributed by atoms with Gasteiger partial charge in [0.05, 0.1) is 12.2 Å². The number of ether oxygens (including phenoxy) is 1. The first-order valence-corrected chi connectivity index (χ1v) is 7.38. The number of rotatable bonds is 3. The number of nitrogens with zero attached hydrogens (tertiary/aromatic N) is 2. The van der Waals surface area contributed by atoms with E-state index in [9.17, 15) is 4.39 Å². The quantitative estimate of drug-likeness (QED) is 0.671. The smallest absolute Gasteiger partial charge is 0.149 e. The number of hydrazone groups is 1. The zero-order valence-corrected chi connectivity index (χ0v) is 13.6. The highest BCUT2D eigenvalue weighted by atomic mass is 19.1. The van der Waals surface area contributed by atoms with Gasteiger partial charge in [0.1, 0.15) is 17.3 Å². The molecule has 0 bridgehead atoms. The third-order valence-electron chi connectivity index (χ3n) is 2.68. The Balaban J connectivity index is 0.000000745. The number of allylic oxidation sites excluding steroid dienone is 1. The maximum atomic E-state index is 13.4. The standard InChI is InChI=1S/C14H16FN3O.C3H8/c1-3-17-18-6-4-11(5-7-18)19-14-9-12(15)13(16)8-10(14)2;1-3-2/h3-6,8-9H,7,16H2,1-2H3;3H2,1-2H3/b17-3-;. The zero-order valence-electron chi connectivity index (χ0n) is 13.6. The lowest BCUT2D eigenvalue weighted by Crippen LogP contribution is -2.14. The summed E-state index contributed by atoms with van der Waals surface area (Å²) < 4.78 is 19.1. The lowest BCUT2D eigenvalue weighted by Gasteiger charge is -2.18. The number of hydrogen-bond donors (Lipinski definition) is 1. The fourth-order valence-electron chi connectivity index (χ4n) is 1.70. The van der Waals surface area contributed by atoms with Crippen LogP contribution in [0.3, 0.4) is 0 Å². The minimum Gasteiger partial charge on any atom is -0.457 e. The average Bonchev–Trinajstić information content (AvgIpc) is 2.48. The van der Waals surface area contributed by atoms with Gasteiger partial charge in [-0.2, -0.15) is 5.10 Å². The molecule has 1 heterocycles. The Labute approximate surface area is 131 Å². The molecule has 22 heavy (non-hydrogen) atoms. The molecular formula is C17H24FN3O. The highest BCUT2D eigenvalue weighted by Gasteiger charge is 2.09. The summed E-state index contributed by atoms with van der Waals surface area (Å²) in [6, 6.07) is 2.86. The van der Waals surface area contributed by atoms with E-state index in [4.69, 9.17) is 10.5 Å². The second-order valence-corrected chi connectivity index (χ2v) is 4.87. The van der Waals surface area contributed by atoms with Gasteiger partial charge in [-0.05, 0) is 37.6 Å². The van der Waals surface area contributed by atoms with Crippen LogP contribution in [0.15, 0.2) is 41.3 Å². The zero-order chi connectivity index (χ0) is 16.5. The summed E-state index contributed by atoms with van der Waals surface area (Å²) in [4.78, 5) is 0. The number of halogens is 1. The molecule has 1 aromatic rings. The second-order valence-electron chi connectivity index (χ2n) is 4.87. The SMILES string of the molecule is C/C=N\N1C=CC(Oc2cc(F)c(N)cc2C)=CC1.CCC. The van der Waals surface area contributed by atoms with Gasteiger partial charge >= 0.3 is 0 Å². The molecule has 0 saturated carbocycles. The first-order valence-electron chi connectivity index (χ1n) is 7.38. The normalized spacial score (nSPS) is 13.7. The Bertz CT molecular complexity index is 580. The molecule has 120 valence electrons. The number of aryl methyl sites for hydroxylation is 1. The van der Waals surface area contributed by atoms with E-state index in [-0.39, 0.29) is 5.69 Å². The molecule has 0 saturated heterocycles. The van der Waals surface area contributed by atoms with Gasteiger partial charge < -0.3 is 10.5 Å². The van der Waals surface area contributed by atoms with Gasteiger partial charge in [0.2, 0.25) is 0 Å². The number of benzene rings is 1. The summed E-state index contributed by atoms with van der Waals surface area (Å²) in [5.74, 6) is 0.656. The van der Waals surface area contributed by atoms with Crippen LogP contribution in [0.5, 0.6) is 5.75 Å². The fraction of sp³-hybridized carbons (Fsp3) is 0.353. The maximum Gasteiger partial charge on any atom is 0.149 e. The van der Waals surface area contributed by atoms with Gasteiger partial charge in [-0.1, -0.05) is 20.3 Å². The predicted molar refractivity (Wildman–Crippen MR) is 90.2 cm³/mol. The molecule has 0 fully saturated rings. The minimum atomic E-state index is -0.474. The summed E-state index contributed by atoms with van der Waals surface area (Å²) in [6.45, 7) is 8.54. The van der Waals surface area contributed by atoms with Crippen molar-refractivity contribution in [1.82, 2.24) is 5.01 Å². The molecule has 2 rings (SSSR count). The van der Waals surface area contributed by atoms with E-state index in [1.165, 1.54) is 12.5 Å². The number of nitrogens with two attached hydrogens (primary N) is 1. The summed E-state index contributed by atoms with van der Waals surface area (Å²) >= 11 is 0. The van der Waals surface area contributed by atoms with Gasteiger partial charge in [0, 0.05) is 18.5 Å². The number of nitrogen functional groups attached to an aromatic ring is 1. The first kappa shape index (κ1) is 17.8. The first-order chi connectivity index (χ1) is 10.5. The Morgan fingerprint density at radius 3 is 2.64 bits per heavy atom. The van der Waals surface area contributed by atoms with Crippen molar-refractivity contribution >= 4 is 11.9 Å². The van der Waals surface area contributed by atoms with Crippen LogP contribution in [0.25, 0.3) is 0 Å². The Morgan fingerprint density at radius 1 is 1.41 bits per heavy atom. The molecule has 0 atom stereocenters. The average molecular weight is 305 g/mol. The van der Waals surface area contributed by atoms with Crippen molar-refractivity contribution < 1.29 is 9.13 Å². The van der Waals surface area contributed by atoms with Gasteiger partial charge in [0.15, 0.2) is 0 Å². The topological polar surface area (TPSA) is 50.8 Å². The minimum absolute atomic E-state index is 0.126. The van der Waals surface area contributed by atoms with E-state index in [0.717, 1.165) is 5.56 Å². The molecule has 5 heteroatoms. The van der Waals surface area contributed by atoms with Crippen LogP contribution in [0, 0.1) is 12.7 Å². The van der Waals surface area contributed by atoms with Crippen LogP contribution in [0.4, 0.5) is 10.1 Å². The molecular weight excluding hydrogens is 281 g/mol. The summed E-state index contributed by atoms with van der Waals surface area (Å²) in [5, 5.41) is 5.88. The lowest BCUT2D eigenvalue weighted by molar-refractivity contribution is 0.392. The number of hydrogen-bond acceptors (Lipinski definition) is 4. The molecule has 0 aromatic heterocycles. The second kappa shape index (κ2) is 8.87. The van der Waals surface area contributed by atoms with Crippen molar-refractivity contribution in [3.63, 3.8) is 0 Å². The van der Waals surface area contributed by atoms with Crippen molar-refractivity contribution in [2.75, 3.05) is 12.3 Å². The summed E-state index contributed by atoms with van der Waals surface area (Å²) in [5.41, 5.74) is 6.41. The van der Waals surface area contributed by atoms with Crippen LogP contribution in [0.1, 0.15) is 32.8 Å². The molecule has 0 amide bonds. The third kappa shape index (κ3) is 5.24. The lowest BCUT2D eigenvalue weighted by atomic mass is 10.2. The number of anilines is 1.